The monoisotopic (exact) mass is 225 g/mol. The van der Waals surface area contributed by atoms with Crippen molar-refractivity contribution in [2.45, 2.75) is 12.8 Å². The van der Waals surface area contributed by atoms with Crippen LogP contribution in [0.3, 0.4) is 0 Å². The van der Waals surface area contributed by atoms with Gasteiger partial charge in [0.1, 0.15) is 5.82 Å². The second-order valence-corrected chi connectivity index (χ2v) is 4.32. The molecule has 0 radical (unpaired) electrons. The van der Waals surface area contributed by atoms with E-state index in [4.69, 9.17) is 11.6 Å². The van der Waals surface area contributed by atoms with Crippen molar-refractivity contribution < 1.29 is 0 Å². The summed E-state index contributed by atoms with van der Waals surface area (Å²) < 4.78 is 0. The molecule has 0 unspecified atom stereocenters. The Morgan fingerprint density at radius 2 is 2.27 bits per heavy atom. The molecule has 1 aromatic rings. The third kappa shape index (κ3) is 3.08. The van der Waals surface area contributed by atoms with Crippen molar-refractivity contribution in [2.75, 3.05) is 25.0 Å². The molecule has 1 aliphatic heterocycles. The smallest absolute Gasteiger partial charge is 0.144 e. The summed E-state index contributed by atoms with van der Waals surface area (Å²) in [6.45, 7) is 3.23. The molecule has 82 valence electrons. The minimum atomic E-state index is 0.700. The van der Waals surface area contributed by atoms with Crippen LogP contribution in [0.4, 0.5) is 5.82 Å². The van der Waals surface area contributed by atoms with Crippen LogP contribution in [0.5, 0.6) is 0 Å². The molecule has 1 saturated heterocycles. The predicted octanol–water partition coefficient (Wildman–Crippen LogP) is 2.15. The molecule has 4 heteroatoms. The largest absolute Gasteiger partial charge is 0.369 e. The fourth-order valence-corrected chi connectivity index (χ4v) is 2.03. The van der Waals surface area contributed by atoms with Crippen LogP contribution in [0.15, 0.2) is 18.3 Å². The quantitative estimate of drug-likeness (QED) is 0.828. The van der Waals surface area contributed by atoms with Crippen molar-refractivity contribution in [3.63, 3.8) is 0 Å². The summed E-state index contributed by atoms with van der Waals surface area (Å²) >= 11 is 6.00. The molecule has 1 fully saturated rings. The number of hydrogen-bond donors (Lipinski definition) is 2. The Morgan fingerprint density at radius 3 is 3.00 bits per heavy atom. The predicted molar refractivity (Wildman–Crippen MR) is 63.3 cm³/mol. The number of hydrogen-bond acceptors (Lipinski definition) is 3. The van der Waals surface area contributed by atoms with E-state index in [1.165, 1.54) is 12.8 Å². The molecule has 2 rings (SSSR count). The van der Waals surface area contributed by atoms with Gasteiger partial charge in [-0.25, -0.2) is 4.98 Å². The normalized spacial score (nSPS) is 17.7. The van der Waals surface area contributed by atoms with Crippen LogP contribution >= 0.6 is 11.6 Å². The van der Waals surface area contributed by atoms with E-state index in [0.717, 1.165) is 31.4 Å². The molecule has 0 aromatic carbocycles. The third-order valence-electron chi connectivity index (χ3n) is 2.78. The summed E-state index contributed by atoms with van der Waals surface area (Å²) in [5.74, 6) is 1.54. The van der Waals surface area contributed by atoms with Gasteiger partial charge in [-0.1, -0.05) is 11.6 Å². The van der Waals surface area contributed by atoms with Gasteiger partial charge in [-0.2, -0.15) is 0 Å². The molecule has 2 heterocycles. The molecule has 1 aromatic heterocycles. The van der Waals surface area contributed by atoms with Gasteiger partial charge in [-0.3, -0.25) is 0 Å². The fourth-order valence-electron chi connectivity index (χ4n) is 1.84. The number of pyridine rings is 1. The molecule has 0 atom stereocenters. The second-order valence-electron chi connectivity index (χ2n) is 3.91. The Labute approximate surface area is 95.2 Å². The summed E-state index contributed by atoms with van der Waals surface area (Å²) in [5, 5.41) is 7.37. The molecule has 0 aliphatic carbocycles. The van der Waals surface area contributed by atoms with Gasteiger partial charge in [-0.15, -0.1) is 0 Å². The highest BCUT2D eigenvalue weighted by molar-refractivity contribution is 6.32. The van der Waals surface area contributed by atoms with Crippen molar-refractivity contribution >= 4 is 17.4 Å². The summed E-state index contributed by atoms with van der Waals surface area (Å²) in [4.78, 5) is 4.20. The van der Waals surface area contributed by atoms with Crippen molar-refractivity contribution in [3.8, 4) is 0 Å². The lowest BCUT2D eigenvalue weighted by molar-refractivity contribution is 0.389. The second kappa shape index (κ2) is 5.33. The van der Waals surface area contributed by atoms with Crippen molar-refractivity contribution in [1.29, 1.82) is 0 Å². The fraction of sp³-hybridized carbons (Fsp3) is 0.545. The summed E-state index contributed by atoms with van der Waals surface area (Å²) in [5.41, 5.74) is 0. The lowest BCUT2D eigenvalue weighted by atomic mass is 9.98. The Hall–Kier alpha value is -0.800. The maximum Gasteiger partial charge on any atom is 0.144 e. The topological polar surface area (TPSA) is 37.0 Å². The zero-order valence-corrected chi connectivity index (χ0v) is 9.43. The molecule has 15 heavy (non-hydrogen) atoms. The van der Waals surface area contributed by atoms with Crippen LogP contribution in [-0.2, 0) is 0 Å². The number of rotatable bonds is 3. The molecule has 3 nitrogen and oxygen atoms in total. The van der Waals surface area contributed by atoms with Gasteiger partial charge in [0.25, 0.3) is 0 Å². The van der Waals surface area contributed by atoms with Crippen molar-refractivity contribution in [3.05, 3.63) is 23.4 Å². The van der Waals surface area contributed by atoms with Crippen molar-refractivity contribution in [1.82, 2.24) is 10.3 Å². The number of piperidine rings is 1. The highest BCUT2D eigenvalue weighted by Gasteiger charge is 2.12. The average molecular weight is 226 g/mol. The number of halogens is 1. The van der Waals surface area contributed by atoms with E-state index in [2.05, 4.69) is 15.6 Å². The lowest BCUT2D eigenvalue weighted by Crippen LogP contribution is -2.31. The van der Waals surface area contributed by atoms with E-state index in [1.54, 1.807) is 6.20 Å². The van der Waals surface area contributed by atoms with Gasteiger partial charge in [0, 0.05) is 12.7 Å². The summed E-state index contributed by atoms with van der Waals surface area (Å²) in [6, 6.07) is 3.71. The Morgan fingerprint density at radius 1 is 1.47 bits per heavy atom. The maximum atomic E-state index is 6.00. The Bertz CT molecular complexity index is 310. The maximum absolute atomic E-state index is 6.00. The van der Waals surface area contributed by atoms with E-state index >= 15 is 0 Å². The van der Waals surface area contributed by atoms with E-state index < -0.39 is 0 Å². The molecule has 0 saturated carbocycles. The highest BCUT2D eigenvalue weighted by atomic mass is 35.5. The molecule has 1 aliphatic rings. The van der Waals surface area contributed by atoms with Crippen LogP contribution in [0, 0.1) is 5.92 Å². The first-order valence-electron chi connectivity index (χ1n) is 5.41. The molecule has 2 N–H and O–H groups in total. The van der Waals surface area contributed by atoms with Gasteiger partial charge in [0.05, 0.1) is 5.02 Å². The minimum Gasteiger partial charge on any atom is -0.369 e. The molecule has 0 amide bonds. The standard InChI is InChI=1S/C11H16ClN3/c12-10-2-1-5-14-11(10)15-8-9-3-6-13-7-4-9/h1-2,5,9,13H,3-4,6-8H2,(H,14,15). The van der Waals surface area contributed by atoms with Gasteiger partial charge < -0.3 is 10.6 Å². The summed E-state index contributed by atoms with van der Waals surface area (Å²) in [6.07, 6.45) is 4.23. The SMILES string of the molecule is Clc1cccnc1NCC1CCNCC1. The molecule has 0 bridgehead atoms. The number of nitrogens with zero attached hydrogens (tertiary/aromatic N) is 1. The van der Waals surface area contributed by atoms with Gasteiger partial charge in [0.2, 0.25) is 0 Å². The van der Waals surface area contributed by atoms with Crippen LogP contribution in [0.2, 0.25) is 5.02 Å². The lowest BCUT2D eigenvalue weighted by Gasteiger charge is -2.23. The highest BCUT2D eigenvalue weighted by Crippen LogP contribution is 2.19. The average Bonchev–Trinajstić information content (AvgIpc) is 2.29. The van der Waals surface area contributed by atoms with E-state index in [1.807, 2.05) is 12.1 Å². The minimum absolute atomic E-state index is 0.700. The first kappa shape index (κ1) is 10.7. The van der Waals surface area contributed by atoms with E-state index in [-0.39, 0.29) is 0 Å². The van der Waals surface area contributed by atoms with Gasteiger partial charge >= 0.3 is 0 Å². The van der Waals surface area contributed by atoms with E-state index in [0.29, 0.717) is 5.02 Å². The van der Waals surface area contributed by atoms with E-state index in [9.17, 15) is 0 Å². The number of aromatic nitrogens is 1. The number of nitrogens with one attached hydrogen (secondary N) is 2. The van der Waals surface area contributed by atoms with Crippen LogP contribution in [-0.4, -0.2) is 24.6 Å². The zero-order valence-electron chi connectivity index (χ0n) is 8.67. The Kier molecular flexibility index (Phi) is 3.80. The first-order chi connectivity index (χ1) is 7.36. The Balaban J connectivity index is 1.84. The van der Waals surface area contributed by atoms with Crippen LogP contribution in [0.25, 0.3) is 0 Å². The molecule has 0 spiro atoms. The third-order valence-corrected chi connectivity index (χ3v) is 3.08. The van der Waals surface area contributed by atoms with Gasteiger partial charge in [0.15, 0.2) is 0 Å². The first-order valence-corrected chi connectivity index (χ1v) is 5.79. The number of anilines is 1. The molecular weight excluding hydrogens is 210 g/mol. The zero-order chi connectivity index (χ0) is 10.5. The van der Waals surface area contributed by atoms with Gasteiger partial charge in [-0.05, 0) is 44.0 Å². The van der Waals surface area contributed by atoms with Crippen LogP contribution < -0.4 is 10.6 Å². The van der Waals surface area contributed by atoms with Crippen molar-refractivity contribution in [2.24, 2.45) is 5.92 Å². The summed E-state index contributed by atoms with van der Waals surface area (Å²) in [7, 11) is 0. The van der Waals surface area contributed by atoms with Crippen LogP contribution in [0.1, 0.15) is 12.8 Å². The molecular formula is C11H16ClN3.